The maximum Gasteiger partial charge on any atom is 0.357 e. The molecule has 0 N–H and O–H groups in total. The smallest absolute Gasteiger partial charge is 0.357 e. The topological polar surface area (TPSA) is 46.6 Å². The molecule has 1 fully saturated rings. The monoisotopic (exact) mass is 253 g/mol. The van der Waals surface area contributed by atoms with E-state index in [1.54, 1.807) is 24.3 Å². The molecule has 0 radical (unpaired) electrons. The van der Waals surface area contributed by atoms with Gasteiger partial charge in [-0.15, -0.1) is 5.06 Å². The molecule has 0 aliphatic carbocycles. The first-order valence-electron chi connectivity index (χ1n) is 5.42. The molecule has 0 aromatic heterocycles. The molecule has 0 amide bonds. The summed E-state index contributed by atoms with van der Waals surface area (Å²) in [6, 6.07) is 8.14. The fraction of sp³-hybridized carbons (Fsp3) is 0.333. The molecule has 1 aliphatic rings. The van der Waals surface area contributed by atoms with Crippen LogP contribution in [0.25, 0.3) is 0 Å². The maximum absolute atomic E-state index is 11.8. The number of nitrogens with zero attached hydrogens (tertiary/aromatic N) is 1. The number of rotatable bonds is 3. The molecule has 0 spiro atoms. The summed E-state index contributed by atoms with van der Waals surface area (Å²) < 4.78 is 0. The van der Waals surface area contributed by atoms with Crippen molar-refractivity contribution < 1.29 is 14.4 Å². The minimum atomic E-state index is -0.510. The molecule has 1 heterocycles. The van der Waals surface area contributed by atoms with Gasteiger partial charge in [-0.25, -0.2) is 4.79 Å². The highest BCUT2D eigenvalue weighted by Crippen LogP contribution is 2.20. The maximum atomic E-state index is 11.8. The molecule has 2 rings (SSSR count). The van der Waals surface area contributed by atoms with Crippen LogP contribution in [0.4, 0.5) is 0 Å². The van der Waals surface area contributed by atoms with Crippen LogP contribution in [0.5, 0.6) is 0 Å². The van der Waals surface area contributed by atoms with Gasteiger partial charge in [0.2, 0.25) is 5.24 Å². The van der Waals surface area contributed by atoms with Crippen LogP contribution in [0.2, 0.25) is 0 Å². The van der Waals surface area contributed by atoms with E-state index in [1.165, 1.54) is 5.06 Å². The van der Waals surface area contributed by atoms with E-state index in [1.807, 2.05) is 6.07 Å². The number of carbonyl (C=O) groups excluding carboxylic acids is 2. The Kier molecular flexibility index (Phi) is 3.76. The van der Waals surface area contributed by atoms with Crippen molar-refractivity contribution in [1.82, 2.24) is 5.06 Å². The summed E-state index contributed by atoms with van der Waals surface area (Å²) in [6.45, 7) is 0.543. The Morgan fingerprint density at radius 3 is 2.65 bits per heavy atom. The normalized spacial score (nSPS) is 20.2. The number of halogens is 1. The molecular formula is C12H12ClNO3. The van der Waals surface area contributed by atoms with Crippen molar-refractivity contribution >= 4 is 22.8 Å². The molecule has 0 bridgehead atoms. The van der Waals surface area contributed by atoms with Crippen molar-refractivity contribution in [2.24, 2.45) is 0 Å². The second-order valence-electron chi connectivity index (χ2n) is 3.85. The summed E-state index contributed by atoms with van der Waals surface area (Å²) >= 11 is 5.44. The molecule has 1 aromatic rings. The van der Waals surface area contributed by atoms with E-state index in [-0.39, 0.29) is 0 Å². The zero-order valence-electron chi connectivity index (χ0n) is 9.14. The van der Waals surface area contributed by atoms with Gasteiger partial charge in [0.1, 0.15) is 6.04 Å². The van der Waals surface area contributed by atoms with Crippen LogP contribution in [0.15, 0.2) is 30.3 Å². The average Bonchev–Trinajstić information content (AvgIpc) is 2.78. The number of hydrogen-bond donors (Lipinski definition) is 0. The van der Waals surface area contributed by atoms with Gasteiger partial charge < -0.3 is 4.84 Å². The van der Waals surface area contributed by atoms with E-state index in [2.05, 4.69) is 0 Å². The van der Waals surface area contributed by atoms with E-state index < -0.39 is 17.3 Å². The molecular weight excluding hydrogens is 242 g/mol. The number of benzene rings is 1. The molecule has 4 nitrogen and oxygen atoms in total. The fourth-order valence-electron chi connectivity index (χ4n) is 1.81. The van der Waals surface area contributed by atoms with Gasteiger partial charge in [-0.1, -0.05) is 18.2 Å². The molecule has 1 saturated heterocycles. The summed E-state index contributed by atoms with van der Waals surface area (Å²) in [5, 5.41) is 0.883. The second-order valence-corrected chi connectivity index (χ2v) is 4.22. The first-order chi connectivity index (χ1) is 8.18. The lowest BCUT2D eigenvalue weighted by Crippen LogP contribution is -2.35. The lowest BCUT2D eigenvalue weighted by atomic mass is 10.2. The molecule has 90 valence electrons. The Morgan fingerprint density at radius 2 is 2.00 bits per heavy atom. The minimum Gasteiger partial charge on any atom is -0.363 e. The highest BCUT2D eigenvalue weighted by molar-refractivity contribution is 6.64. The average molecular weight is 254 g/mol. The third-order valence-corrected chi connectivity index (χ3v) is 2.93. The summed E-state index contributed by atoms with van der Waals surface area (Å²) in [5.74, 6) is -0.463. The third-order valence-electron chi connectivity index (χ3n) is 2.68. The standard InChI is InChI=1S/C12H12ClNO3/c13-11(15)10-7-4-8-14(10)17-12(16)9-5-2-1-3-6-9/h1-3,5-6,10H,4,7-8H2. The van der Waals surface area contributed by atoms with Crippen molar-refractivity contribution in [3.05, 3.63) is 35.9 Å². The van der Waals surface area contributed by atoms with Gasteiger partial charge in [-0.3, -0.25) is 4.79 Å². The van der Waals surface area contributed by atoms with Gasteiger partial charge in [-0.05, 0) is 36.6 Å². The van der Waals surface area contributed by atoms with Crippen LogP contribution in [-0.2, 0) is 9.63 Å². The van der Waals surface area contributed by atoms with Crippen molar-refractivity contribution in [3.63, 3.8) is 0 Å². The fourth-order valence-corrected chi connectivity index (χ4v) is 2.03. The Morgan fingerprint density at radius 1 is 1.29 bits per heavy atom. The molecule has 17 heavy (non-hydrogen) atoms. The SMILES string of the molecule is O=C(ON1CCCC1C(=O)Cl)c1ccccc1. The van der Waals surface area contributed by atoms with E-state index >= 15 is 0 Å². The van der Waals surface area contributed by atoms with E-state index in [0.717, 1.165) is 6.42 Å². The van der Waals surface area contributed by atoms with Crippen molar-refractivity contribution in [1.29, 1.82) is 0 Å². The quantitative estimate of drug-likeness (QED) is 0.773. The highest BCUT2D eigenvalue weighted by Gasteiger charge is 2.32. The first kappa shape index (κ1) is 12.1. The number of carbonyl (C=O) groups is 2. The first-order valence-corrected chi connectivity index (χ1v) is 5.79. The lowest BCUT2D eigenvalue weighted by molar-refractivity contribution is -0.140. The van der Waals surface area contributed by atoms with Gasteiger partial charge in [-0.2, -0.15) is 0 Å². The van der Waals surface area contributed by atoms with E-state index in [9.17, 15) is 9.59 Å². The molecule has 1 aromatic carbocycles. The number of hydroxylamine groups is 2. The van der Waals surface area contributed by atoms with Crippen LogP contribution >= 0.6 is 11.6 Å². The third kappa shape index (κ3) is 2.84. The van der Waals surface area contributed by atoms with Crippen LogP contribution in [0.3, 0.4) is 0 Å². The molecule has 5 heteroatoms. The summed E-state index contributed by atoms with van der Waals surface area (Å²) in [5.41, 5.74) is 0.458. The Hall–Kier alpha value is -1.39. The van der Waals surface area contributed by atoms with E-state index in [0.29, 0.717) is 18.5 Å². The van der Waals surface area contributed by atoms with Crippen molar-refractivity contribution in [2.75, 3.05) is 6.54 Å². The van der Waals surface area contributed by atoms with Crippen LogP contribution in [0, 0.1) is 0 Å². The Balaban J connectivity index is 2.02. The summed E-state index contributed by atoms with van der Waals surface area (Å²) in [6.07, 6.45) is 1.43. The van der Waals surface area contributed by atoms with Gasteiger partial charge in [0.15, 0.2) is 0 Å². The predicted octanol–water partition coefficient (Wildman–Crippen LogP) is 1.99. The summed E-state index contributed by atoms with van der Waals surface area (Å²) in [4.78, 5) is 28.0. The molecule has 1 unspecified atom stereocenters. The number of hydrogen-bond acceptors (Lipinski definition) is 4. The van der Waals surface area contributed by atoms with Gasteiger partial charge in [0, 0.05) is 6.54 Å². The van der Waals surface area contributed by atoms with E-state index in [4.69, 9.17) is 16.4 Å². The zero-order valence-corrected chi connectivity index (χ0v) is 9.89. The predicted molar refractivity (Wildman–Crippen MR) is 62.4 cm³/mol. The zero-order chi connectivity index (χ0) is 12.3. The van der Waals surface area contributed by atoms with Gasteiger partial charge >= 0.3 is 5.97 Å². The largest absolute Gasteiger partial charge is 0.363 e. The van der Waals surface area contributed by atoms with Crippen molar-refractivity contribution in [3.8, 4) is 0 Å². The van der Waals surface area contributed by atoms with Crippen LogP contribution in [-0.4, -0.2) is 28.9 Å². The molecule has 0 saturated carbocycles. The van der Waals surface area contributed by atoms with Crippen LogP contribution < -0.4 is 0 Å². The van der Waals surface area contributed by atoms with Crippen LogP contribution in [0.1, 0.15) is 23.2 Å². The summed E-state index contributed by atoms with van der Waals surface area (Å²) in [7, 11) is 0. The molecule has 1 atom stereocenters. The highest BCUT2D eigenvalue weighted by atomic mass is 35.5. The minimum absolute atomic E-state index is 0.458. The van der Waals surface area contributed by atoms with Gasteiger partial charge in [0.05, 0.1) is 5.56 Å². The Bertz CT molecular complexity index is 421. The van der Waals surface area contributed by atoms with Crippen molar-refractivity contribution in [2.45, 2.75) is 18.9 Å². The van der Waals surface area contributed by atoms with Gasteiger partial charge in [0.25, 0.3) is 0 Å². The Labute approximate surface area is 104 Å². The lowest BCUT2D eigenvalue weighted by Gasteiger charge is -2.19. The second kappa shape index (κ2) is 5.29. The molecule has 1 aliphatic heterocycles.